The Labute approximate surface area is 201 Å². The second-order valence-electron chi connectivity index (χ2n) is 8.54. The van der Waals surface area contributed by atoms with Gasteiger partial charge in [0, 0.05) is 23.7 Å². The lowest BCUT2D eigenvalue weighted by atomic mass is 10.0. The first-order chi connectivity index (χ1) is 16.3. The van der Waals surface area contributed by atoms with Crippen molar-refractivity contribution < 1.29 is 24.1 Å². The Bertz CT molecular complexity index is 1160. The molecule has 0 aliphatic heterocycles. The highest BCUT2D eigenvalue weighted by Gasteiger charge is 2.24. The quantitative estimate of drug-likeness (QED) is 0.321. The maximum atomic E-state index is 12.1. The maximum absolute atomic E-state index is 12.1. The number of aromatic nitrogens is 1. The molecule has 7 nitrogen and oxygen atoms in total. The summed E-state index contributed by atoms with van der Waals surface area (Å²) in [6.45, 7) is 7.94. The predicted molar refractivity (Wildman–Crippen MR) is 135 cm³/mol. The Hall–Kier alpha value is -3.48. The van der Waals surface area contributed by atoms with Gasteiger partial charge < -0.3 is 19.3 Å². The number of fused-ring (bicyclic) bond motifs is 1. The number of methoxy groups -OCH3 is 2. The molecule has 0 saturated heterocycles. The van der Waals surface area contributed by atoms with E-state index in [4.69, 9.17) is 14.2 Å². The molecule has 3 aromatic rings. The molecule has 0 radical (unpaired) electrons. The lowest BCUT2D eigenvalue weighted by Crippen LogP contribution is -2.38. The van der Waals surface area contributed by atoms with E-state index in [0.29, 0.717) is 28.7 Å². The second kappa shape index (κ2) is 11.1. The van der Waals surface area contributed by atoms with E-state index in [1.54, 1.807) is 26.5 Å². The van der Waals surface area contributed by atoms with Crippen LogP contribution < -0.4 is 19.1 Å². The Morgan fingerprint density at radius 2 is 1.71 bits per heavy atom. The first-order valence-electron chi connectivity index (χ1n) is 11.6. The molecule has 182 valence electrons. The molecule has 3 rings (SSSR count). The van der Waals surface area contributed by atoms with Crippen molar-refractivity contribution in [2.24, 2.45) is 0 Å². The van der Waals surface area contributed by atoms with Gasteiger partial charge in [0.25, 0.3) is 0 Å². The fraction of sp³-hybridized carbons (Fsp3) is 0.407. The van der Waals surface area contributed by atoms with E-state index in [2.05, 4.69) is 11.9 Å². The third-order valence-electron chi connectivity index (χ3n) is 6.05. The van der Waals surface area contributed by atoms with Gasteiger partial charge in [-0.1, -0.05) is 26.2 Å². The highest BCUT2D eigenvalue weighted by Crippen LogP contribution is 2.39. The molecule has 1 unspecified atom stereocenters. The van der Waals surface area contributed by atoms with Crippen LogP contribution in [-0.2, 0) is 0 Å². The summed E-state index contributed by atoms with van der Waals surface area (Å²) < 4.78 is 17.1. The van der Waals surface area contributed by atoms with Crippen molar-refractivity contribution in [3.8, 4) is 23.0 Å². The number of carbonyl (C=O) groups is 1. The van der Waals surface area contributed by atoms with Gasteiger partial charge in [-0.3, -0.25) is 9.88 Å². The van der Waals surface area contributed by atoms with Crippen LogP contribution >= 0.6 is 0 Å². The number of benzene rings is 2. The summed E-state index contributed by atoms with van der Waals surface area (Å²) in [4.78, 5) is 18.0. The van der Waals surface area contributed by atoms with Gasteiger partial charge in [-0.2, -0.15) is 0 Å². The van der Waals surface area contributed by atoms with Gasteiger partial charge in [0.15, 0.2) is 11.5 Å². The normalized spacial score (nSPS) is 11.8. The number of hydrogen-bond acceptors (Lipinski definition) is 5. The predicted octanol–water partition coefficient (Wildman–Crippen LogP) is 7.11. The molecular weight excluding hydrogens is 432 g/mol. The van der Waals surface area contributed by atoms with E-state index in [1.165, 1.54) is 4.90 Å². The van der Waals surface area contributed by atoms with Crippen LogP contribution in [0.3, 0.4) is 0 Å². The van der Waals surface area contributed by atoms with Crippen LogP contribution in [0.1, 0.15) is 50.7 Å². The largest absolute Gasteiger partial charge is 0.493 e. The van der Waals surface area contributed by atoms with Crippen LogP contribution in [0.4, 0.5) is 10.5 Å². The number of ether oxygens (including phenoxy) is 3. The molecule has 0 aliphatic rings. The summed E-state index contributed by atoms with van der Waals surface area (Å²) in [5.41, 5.74) is 3.09. The average molecular weight is 467 g/mol. The van der Waals surface area contributed by atoms with Gasteiger partial charge in [-0.15, -0.1) is 0 Å². The fourth-order valence-electron chi connectivity index (χ4n) is 4.15. The lowest BCUT2D eigenvalue weighted by molar-refractivity contribution is 0.199. The van der Waals surface area contributed by atoms with Gasteiger partial charge in [-0.05, 0) is 62.6 Å². The van der Waals surface area contributed by atoms with Crippen molar-refractivity contribution >= 4 is 22.7 Å². The highest BCUT2D eigenvalue weighted by molar-refractivity contribution is 5.89. The van der Waals surface area contributed by atoms with Crippen LogP contribution in [0.15, 0.2) is 36.5 Å². The number of pyridine rings is 1. The van der Waals surface area contributed by atoms with Crippen molar-refractivity contribution in [1.29, 1.82) is 0 Å². The summed E-state index contributed by atoms with van der Waals surface area (Å²) in [6, 6.07) is 9.13. The number of carboxylic acid groups (broad SMARTS) is 1. The molecular formula is C27H34N2O5. The van der Waals surface area contributed by atoms with E-state index >= 15 is 0 Å². The van der Waals surface area contributed by atoms with E-state index in [9.17, 15) is 9.90 Å². The number of aryl methyl sites for hydroxylation is 2. The van der Waals surface area contributed by atoms with E-state index in [-0.39, 0.29) is 6.04 Å². The number of anilines is 1. The third-order valence-corrected chi connectivity index (χ3v) is 6.05. The molecule has 1 amide bonds. The molecule has 1 heterocycles. The fourth-order valence-corrected chi connectivity index (χ4v) is 4.15. The summed E-state index contributed by atoms with van der Waals surface area (Å²) in [5.74, 6) is 2.47. The monoisotopic (exact) mass is 466 g/mol. The smallest absolute Gasteiger partial charge is 0.412 e. The minimum atomic E-state index is -0.943. The Balaban J connectivity index is 1.96. The molecule has 0 fully saturated rings. The molecule has 2 aromatic carbocycles. The third kappa shape index (κ3) is 5.35. The Morgan fingerprint density at radius 1 is 1.00 bits per heavy atom. The van der Waals surface area contributed by atoms with Gasteiger partial charge in [0.05, 0.1) is 25.4 Å². The highest BCUT2D eigenvalue weighted by atomic mass is 16.5. The number of amides is 1. The standard InChI is InChI=1S/C27H34N2O5/c1-7-8-9-10-19(4)29(27(30)31)22-13-18(3)24(14-17(22)2)34-23-11-12-28-21-16-26(33-6)25(32-5)15-20(21)23/h11-16,19H,7-10H2,1-6H3,(H,30,31). The van der Waals surface area contributed by atoms with Gasteiger partial charge in [0.1, 0.15) is 11.5 Å². The molecule has 0 aliphatic carbocycles. The summed E-state index contributed by atoms with van der Waals surface area (Å²) in [5, 5.41) is 10.7. The molecule has 0 saturated carbocycles. The van der Waals surface area contributed by atoms with Crippen molar-refractivity contribution in [2.45, 2.75) is 59.4 Å². The lowest BCUT2D eigenvalue weighted by Gasteiger charge is -2.29. The van der Waals surface area contributed by atoms with E-state index in [0.717, 1.165) is 47.7 Å². The van der Waals surface area contributed by atoms with Crippen LogP contribution in [0, 0.1) is 13.8 Å². The first kappa shape index (κ1) is 25.1. The zero-order valence-corrected chi connectivity index (χ0v) is 20.8. The number of rotatable bonds is 10. The SMILES string of the molecule is CCCCCC(C)N(C(=O)O)c1cc(C)c(Oc2ccnc3cc(OC)c(OC)cc23)cc1C. The minimum Gasteiger partial charge on any atom is -0.493 e. The molecule has 1 atom stereocenters. The summed E-state index contributed by atoms with van der Waals surface area (Å²) in [6.07, 6.45) is 4.77. The number of nitrogens with zero attached hydrogens (tertiary/aromatic N) is 2. The zero-order chi connectivity index (χ0) is 24.8. The molecule has 0 spiro atoms. The molecule has 1 N–H and O–H groups in total. The zero-order valence-electron chi connectivity index (χ0n) is 20.8. The van der Waals surface area contributed by atoms with Gasteiger partial charge in [-0.25, -0.2) is 4.79 Å². The van der Waals surface area contributed by atoms with E-state index in [1.807, 2.05) is 45.0 Å². The molecule has 0 bridgehead atoms. The van der Waals surface area contributed by atoms with Gasteiger partial charge in [0.2, 0.25) is 0 Å². The van der Waals surface area contributed by atoms with Crippen molar-refractivity contribution in [3.05, 3.63) is 47.7 Å². The van der Waals surface area contributed by atoms with Crippen molar-refractivity contribution in [2.75, 3.05) is 19.1 Å². The van der Waals surface area contributed by atoms with Crippen LogP contribution in [0.2, 0.25) is 0 Å². The first-order valence-corrected chi connectivity index (χ1v) is 11.6. The molecule has 1 aromatic heterocycles. The second-order valence-corrected chi connectivity index (χ2v) is 8.54. The van der Waals surface area contributed by atoms with Gasteiger partial charge >= 0.3 is 6.09 Å². The Kier molecular flexibility index (Phi) is 8.21. The maximum Gasteiger partial charge on any atom is 0.412 e. The molecule has 34 heavy (non-hydrogen) atoms. The van der Waals surface area contributed by atoms with Crippen LogP contribution in [0.5, 0.6) is 23.0 Å². The summed E-state index contributed by atoms with van der Waals surface area (Å²) in [7, 11) is 3.17. The van der Waals surface area contributed by atoms with Crippen molar-refractivity contribution in [3.63, 3.8) is 0 Å². The van der Waals surface area contributed by atoms with Crippen molar-refractivity contribution in [1.82, 2.24) is 4.98 Å². The van der Waals surface area contributed by atoms with Crippen LogP contribution in [-0.4, -0.2) is 36.4 Å². The average Bonchev–Trinajstić information content (AvgIpc) is 2.81. The number of hydrogen-bond donors (Lipinski definition) is 1. The number of unbranched alkanes of at least 4 members (excludes halogenated alkanes) is 2. The molecule has 7 heteroatoms. The minimum absolute atomic E-state index is 0.111. The Morgan fingerprint density at radius 3 is 2.35 bits per heavy atom. The topological polar surface area (TPSA) is 81.1 Å². The van der Waals surface area contributed by atoms with Crippen LogP contribution in [0.25, 0.3) is 10.9 Å². The summed E-state index contributed by atoms with van der Waals surface area (Å²) >= 11 is 0. The van der Waals surface area contributed by atoms with E-state index < -0.39 is 6.09 Å².